The molecule has 4 nitrogen and oxygen atoms in total. The maximum absolute atomic E-state index is 8.77. The summed E-state index contributed by atoms with van der Waals surface area (Å²) in [5.74, 6) is 0. The second kappa shape index (κ2) is 7.87. The summed E-state index contributed by atoms with van der Waals surface area (Å²) in [6, 6.07) is 19.4. The van der Waals surface area contributed by atoms with Crippen molar-refractivity contribution in [1.82, 2.24) is 0 Å². The van der Waals surface area contributed by atoms with Gasteiger partial charge in [0.2, 0.25) is 0 Å². The normalized spacial score (nSPS) is 9.23. The first-order valence-electron chi connectivity index (χ1n) is 6.57. The molecule has 0 unspecified atom stereocenters. The Morgan fingerprint density at radius 2 is 1.77 bits per heavy atom. The zero-order valence-corrected chi connectivity index (χ0v) is 13.3. The largest absolute Gasteiger partial charge is 0.379 e. The molecule has 0 saturated carbocycles. The highest BCUT2D eigenvalue weighted by atomic mass is 79.9. The van der Waals surface area contributed by atoms with E-state index in [1.807, 2.05) is 60.7 Å². The Morgan fingerprint density at radius 3 is 2.45 bits per heavy atom. The molecule has 0 spiro atoms. The smallest absolute Gasteiger partial charge is 0.145 e. The molecule has 0 radical (unpaired) electrons. The van der Waals surface area contributed by atoms with Crippen LogP contribution in [0.3, 0.4) is 0 Å². The predicted octanol–water partition coefficient (Wildman–Crippen LogP) is 4.40. The molecule has 2 aromatic rings. The summed E-state index contributed by atoms with van der Waals surface area (Å²) < 4.78 is 0.907. The van der Waals surface area contributed by atoms with Crippen LogP contribution in [0.1, 0.15) is 5.56 Å². The first-order valence-corrected chi connectivity index (χ1v) is 7.36. The maximum atomic E-state index is 8.77. The molecular formula is C17H13BrN4. The van der Waals surface area contributed by atoms with E-state index in [0.717, 1.165) is 15.8 Å². The third-order valence-electron chi connectivity index (χ3n) is 2.92. The van der Waals surface area contributed by atoms with Gasteiger partial charge in [-0.15, -0.1) is 0 Å². The van der Waals surface area contributed by atoms with Crippen LogP contribution < -0.4 is 10.6 Å². The van der Waals surface area contributed by atoms with Crippen molar-refractivity contribution in [2.75, 3.05) is 10.6 Å². The fourth-order valence-corrected chi connectivity index (χ4v) is 2.18. The van der Waals surface area contributed by atoms with Gasteiger partial charge in [-0.25, -0.2) is 0 Å². The first-order chi connectivity index (χ1) is 10.7. The Bertz CT molecular complexity index is 738. The van der Waals surface area contributed by atoms with Crippen LogP contribution in [-0.4, -0.2) is 0 Å². The van der Waals surface area contributed by atoms with Crippen LogP contribution in [0.4, 0.5) is 11.4 Å². The standard InChI is InChI=1S/C17H13BrN4/c18-15-6-7-16(21-11-13-4-2-1-3-5-13)17(8-15)22-12-14(9-19)10-20/h1-8,12,21-22H,11H2. The van der Waals surface area contributed by atoms with E-state index in [1.165, 1.54) is 11.8 Å². The lowest BCUT2D eigenvalue weighted by Crippen LogP contribution is -2.02. The van der Waals surface area contributed by atoms with Gasteiger partial charge in [-0.3, -0.25) is 0 Å². The minimum atomic E-state index is 0.0222. The minimum absolute atomic E-state index is 0.0222. The van der Waals surface area contributed by atoms with E-state index in [9.17, 15) is 0 Å². The third-order valence-corrected chi connectivity index (χ3v) is 3.41. The summed E-state index contributed by atoms with van der Waals surface area (Å²) in [7, 11) is 0. The molecular weight excluding hydrogens is 340 g/mol. The van der Waals surface area contributed by atoms with E-state index < -0.39 is 0 Å². The molecule has 0 amide bonds. The number of nitrogens with zero attached hydrogens (tertiary/aromatic N) is 2. The molecule has 0 saturated heterocycles. The highest BCUT2D eigenvalue weighted by Crippen LogP contribution is 2.26. The number of benzene rings is 2. The first kappa shape index (κ1) is 15.6. The van der Waals surface area contributed by atoms with Crippen LogP contribution in [0.15, 0.2) is 64.8 Å². The lowest BCUT2D eigenvalue weighted by atomic mass is 10.2. The van der Waals surface area contributed by atoms with Gasteiger partial charge < -0.3 is 10.6 Å². The van der Waals surface area contributed by atoms with Gasteiger partial charge in [0.1, 0.15) is 17.7 Å². The molecule has 0 heterocycles. The molecule has 5 heteroatoms. The molecule has 2 aromatic carbocycles. The van der Waals surface area contributed by atoms with Gasteiger partial charge in [0.05, 0.1) is 11.4 Å². The van der Waals surface area contributed by atoms with Crippen molar-refractivity contribution in [1.29, 1.82) is 10.5 Å². The summed E-state index contributed by atoms with van der Waals surface area (Å²) in [4.78, 5) is 0. The van der Waals surface area contributed by atoms with Crippen molar-refractivity contribution in [3.63, 3.8) is 0 Å². The van der Waals surface area contributed by atoms with Crippen LogP contribution in [0.25, 0.3) is 0 Å². The quantitative estimate of drug-likeness (QED) is 0.782. The number of hydrogen-bond donors (Lipinski definition) is 2. The second-order valence-electron chi connectivity index (χ2n) is 4.46. The molecule has 2 N–H and O–H groups in total. The third kappa shape index (κ3) is 4.37. The van der Waals surface area contributed by atoms with E-state index in [2.05, 4.69) is 26.6 Å². The van der Waals surface area contributed by atoms with Crippen LogP contribution in [0.2, 0.25) is 0 Å². The Kier molecular flexibility index (Phi) is 5.59. The van der Waals surface area contributed by atoms with Gasteiger partial charge in [0, 0.05) is 17.2 Å². The predicted molar refractivity (Wildman–Crippen MR) is 90.8 cm³/mol. The van der Waals surface area contributed by atoms with Crippen molar-refractivity contribution in [3.05, 3.63) is 70.3 Å². The Balaban J connectivity index is 2.16. The molecule has 2 rings (SSSR count). The fraction of sp³-hybridized carbons (Fsp3) is 0.0588. The maximum Gasteiger partial charge on any atom is 0.145 e. The molecule has 0 atom stereocenters. The monoisotopic (exact) mass is 352 g/mol. The Morgan fingerprint density at radius 1 is 1.05 bits per heavy atom. The van der Waals surface area contributed by atoms with E-state index in [-0.39, 0.29) is 5.57 Å². The van der Waals surface area contributed by atoms with Crippen LogP contribution in [-0.2, 0) is 6.54 Å². The van der Waals surface area contributed by atoms with Crippen molar-refractivity contribution in [3.8, 4) is 12.1 Å². The molecule has 0 aliphatic rings. The molecule has 0 bridgehead atoms. The zero-order chi connectivity index (χ0) is 15.8. The summed E-state index contributed by atoms with van der Waals surface area (Å²) >= 11 is 3.42. The SMILES string of the molecule is N#CC(C#N)=CNc1cc(Br)ccc1NCc1ccccc1. The van der Waals surface area contributed by atoms with Crippen molar-refractivity contribution in [2.45, 2.75) is 6.54 Å². The van der Waals surface area contributed by atoms with Gasteiger partial charge >= 0.3 is 0 Å². The number of rotatable bonds is 5. The van der Waals surface area contributed by atoms with Crippen LogP contribution in [0.5, 0.6) is 0 Å². The number of nitriles is 2. The van der Waals surface area contributed by atoms with Gasteiger partial charge in [0.15, 0.2) is 0 Å². The fourth-order valence-electron chi connectivity index (χ4n) is 1.82. The lowest BCUT2D eigenvalue weighted by Gasteiger charge is -2.12. The summed E-state index contributed by atoms with van der Waals surface area (Å²) in [6.45, 7) is 0.685. The number of hydrogen-bond acceptors (Lipinski definition) is 4. The van der Waals surface area contributed by atoms with Gasteiger partial charge in [-0.1, -0.05) is 46.3 Å². The molecule has 108 valence electrons. The molecule has 0 aromatic heterocycles. The van der Waals surface area contributed by atoms with Crippen LogP contribution >= 0.6 is 15.9 Å². The highest BCUT2D eigenvalue weighted by Gasteiger charge is 2.03. The Hall–Kier alpha value is -2.76. The molecule has 0 fully saturated rings. The highest BCUT2D eigenvalue weighted by molar-refractivity contribution is 9.10. The van der Waals surface area contributed by atoms with E-state index in [1.54, 1.807) is 0 Å². The number of anilines is 2. The second-order valence-corrected chi connectivity index (χ2v) is 5.37. The van der Waals surface area contributed by atoms with Gasteiger partial charge in [-0.05, 0) is 23.8 Å². The Labute approximate surface area is 137 Å². The van der Waals surface area contributed by atoms with Gasteiger partial charge in [-0.2, -0.15) is 10.5 Å². The van der Waals surface area contributed by atoms with E-state index >= 15 is 0 Å². The van der Waals surface area contributed by atoms with Gasteiger partial charge in [0.25, 0.3) is 0 Å². The summed E-state index contributed by atoms with van der Waals surface area (Å²) in [5.41, 5.74) is 2.86. The van der Waals surface area contributed by atoms with Crippen molar-refractivity contribution < 1.29 is 0 Å². The number of halogens is 1. The number of nitrogens with one attached hydrogen (secondary N) is 2. The van der Waals surface area contributed by atoms with Crippen molar-refractivity contribution >= 4 is 27.3 Å². The number of allylic oxidation sites excluding steroid dienone is 1. The molecule has 0 aliphatic heterocycles. The topological polar surface area (TPSA) is 71.6 Å². The molecule has 0 aliphatic carbocycles. The van der Waals surface area contributed by atoms with Crippen LogP contribution in [0, 0.1) is 22.7 Å². The van der Waals surface area contributed by atoms with Crippen molar-refractivity contribution in [2.24, 2.45) is 0 Å². The zero-order valence-electron chi connectivity index (χ0n) is 11.7. The molecule has 22 heavy (non-hydrogen) atoms. The van der Waals surface area contributed by atoms with E-state index in [4.69, 9.17) is 10.5 Å². The average Bonchev–Trinajstić information content (AvgIpc) is 2.56. The lowest BCUT2D eigenvalue weighted by molar-refractivity contribution is 1.15. The average molecular weight is 353 g/mol. The van der Waals surface area contributed by atoms with E-state index in [0.29, 0.717) is 6.54 Å². The summed E-state index contributed by atoms with van der Waals surface area (Å²) in [6.07, 6.45) is 1.40. The summed E-state index contributed by atoms with van der Waals surface area (Å²) in [5, 5.41) is 23.9. The minimum Gasteiger partial charge on any atom is -0.379 e.